The zero-order valence-corrected chi connectivity index (χ0v) is 14.0. The molecular weight excluding hydrogens is 312 g/mol. The lowest BCUT2D eigenvalue weighted by Crippen LogP contribution is -2.18. The molecule has 0 radical (unpaired) electrons. The largest absolute Gasteiger partial charge is 0.310 e. The van der Waals surface area contributed by atoms with Gasteiger partial charge in [0.15, 0.2) is 0 Å². The van der Waals surface area contributed by atoms with E-state index >= 15 is 0 Å². The summed E-state index contributed by atoms with van der Waals surface area (Å²) in [5.74, 6) is -0.540. The molecule has 2 aromatic rings. The Morgan fingerprint density at radius 3 is 2.36 bits per heavy atom. The molecule has 1 aliphatic rings. The number of amides is 1. The van der Waals surface area contributed by atoms with Crippen molar-refractivity contribution in [3.63, 3.8) is 0 Å². The van der Waals surface area contributed by atoms with E-state index in [1.807, 2.05) is 30.3 Å². The van der Waals surface area contributed by atoms with E-state index in [2.05, 4.69) is 35.7 Å². The summed E-state index contributed by atoms with van der Waals surface area (Å²) in [7, 11) is 0. The summed E-state index contributed by atoms with van der Waals surface area (Å²) in [6.07, 6.45) is 7.68. The van der Waals surface area contributed by atoms with Crippen LogP contribution >= 0.6 is 0 Å². The molecule has 25 heavy (non-hydrogen) atoms. The predicted octanol–water partition coefficient (Wildman–Crippen LogP) is 3.50. The molecule has 0 spiro atoms. The van der Waals surface area contributed by atoms with Gasteiger partial charge in [-0.1, -0.05) is 54.6 Å². The average molecular weight is 334 g/mol. The van der Waals surface area contributed by atoms with Gasteiger partial charge in [0.05, 0.1) is 0 Å². The predicted molar refractivity (Wildman–Crippen MR) is 101 cm³/mol. The lowest BCUT2D eigenvalue weighted by atomic mass is 10.0. The van der Waals surface area contributed by atoms with Crippen LogP contribution in [0.2, 0.25) is 0 Å². The summed E-state index contributed by atoms with van der Waals surface area (Å²) in [6.45, 7) is 0.854. The fourth-order valence-corrected chi connectivity index (χ4v) is 2.54. The SMILES string of the molecule is O=C(/C=C/c1ccc(/C=C(/CNC2CC2)c2ccccc2)cc1)NO. The highest BCUT2D eigenvalue weighted by atomic mass is 16.5. The minimum atomic E-state index is -0.540. The molecule has 3 rings (SSSR count). The minimum Gasteiger partial charge on any atom is -0.310 e. The topological polar surface area (TPSA) is 61.4 Å². The number of carbonyl (C=O) groups excluding carboxylic acids is 1. The van der Waals surface area contributed by atoms with Crippen LogP contribution in [-0.4, -0.2) is 23.7 Å². The molecule has 1 saturated carbocycles. The Kier molecular flexibility index (Phi) is 5.77. The van der Waals surface area contributed by atoms with Crippen molar-refractivity contribution in [2.24, 2.45) is 0 Å². The maximum atomic E-state index is 11.0. The van der Waals surface area contributed by atoms with Gasteiger partial charge in [-0.2, -0.15) is 0 Å². The van der Waals surface area contributed by atoms with Crippen LogP contribution in [0.15, 0.2) is 60.7 Å². The summed E-state index contributed by atoms with van der Waals surface area (Å²) >= 11 is 0. The molecule has 0 aliphatic heterocycles. The second kappa shape index (κ2) is 8.42. The van der Waals surface area contributed by atoms with E-state index in [0.29, 0.717) is 6.04 Å². The van der Waals surface area contributed by atoms with E-state index in [9.17, 15) is 4.79 Å². The minimum absolute atomic E-state index is 0.540. The molecule has 0 bridgehead atoms. The first-order chi connectivity index (χ1) is 12.2. The van der Waals surface area contributed by atoms with Crippen molar-refractivity contribution >= 4 is 23.6 Å². The van der Waals surface area contributed by atoms with Crippen LogP contribution in [0.4, 0.5) is 0 Å². The molecule has 1 fully saturated rings. The normalized spacial score (nSPS) is 14.7. The Hall–Kier alpha value is -2.69. The molecule has 4 heteroatoms. The highest BCUT2D eigenvalue weighted by molar-refractivity contribution is 5.91. The maximum Gasteiger partial charge on any atom is 0.267 e. The van der Waals surface area contributed by atoms with Crippen LogP contribution in [0, 0.1) is 0 Å². The highest BCUT2D eigenvalue weighted by Crippen LogP contribution is 2.22. The Morgan fingerprint density at radius 1 is 1.04 bits per heavy atom. The van der Waals surface area contributed by atoms with Crippen LogP contribution < -0.4 is 10.8 Å². The smallest absolute Gasteiger partial charge is 0.267 e. The summed E-state index contributed by atoms with van der Waals surface area (Å²) in [4.78, 5) is 11.0. The molecule has 0 saturated heterocycles. The molecule has 0 atom stereocenters. The number of hydrogen-bond donors (Lipinski definition) is 3. The first-order valence-corrected chi connectivity index (χ1v) is 8.46. The van der Waals surface area contributed by atoms with Crippen LogP contribution in [0.5, 0.6) is 0 Å². The van der Waals surface area contributed by atoms with Crippen molar-refractivity contribution < 1.29 is 10.0 Å². The Bertz CT molecular complexity index is 760. The summed E-state index contributed by atoms with van der Waals surface area (Å²) in [5.41, 5.74) is 6.07. The first kappa shape index (κ1) is 17.1. The standard InChI is InChI=1S/C21H22N2O2/c24-21(23-25)13-10-16-6-8-17(9-7-16)14-19(15-22-20-11-12-20)18-4-2-1-3-5-18/h1-10,13-14,20,22,25H,11-12,15H2,(H,23,24)/b13-10+,19-14-. The van der Waals surface area contributed by atoms with E-state index in [0.717, 1.165) is 17.7 Å². The number of hydrogen-bond acceptors (Lipinski definition) is 3. The summed E-state index contributed by atoms with van der Waals surface area (Å²) < 4.78 is 0. The second-order valence-electron chi connectivity index (χ2n) is 6.17. The molecule has 128 valence electrons. The van der Waals surface area contributed by atoms with Crippen molar-refractivity contribution in [2.75, 3.05) is 6.54 Å². The third kappa shape index (κ3) is 5.41. The molecular formula is C21H22N2O2. The fraction of sp³-hybridized carbons (Fsp3) is 0.190. The summed E-state index contributed by atoms with van der Waals surface area (Å²) in [6, 6.07) is 19.0. The van der Waals surface area contributed by atoms with Crippen molar-refractivity contribution in [2.45, 2.75) is 18.9 Å². The van der Waals surface area contributed by atoms with Gasteiger partial charge in [0.2, 0.25) is 0 Å². The molecule has 4 nitrogen and oxygen atoms in total. The molecule has 3 N–H and O–H groups in total. The van der Waals surface area contributed by atoms with Crippen LogP contribution in [0.3, 0.4) is 0 Å². The highest BCUT2D eigenvalue weighted by Gasteiger charge is 2.20. The van der Waals surface area contributed by atoms with Crippen molar-refractivity contribution in [1.82, 2.24) is 10.8 Å². The van der Waals surface area contributed by atoms with Gasteiger partial charge in [-0.25, -0.2) is 5.48 Å². The monoisotopic (exact) mass is 334 g/mol. The van der Waals surface area contributed by atoms with E-state index in [1.165, 1.54) is 30.1 Å². The van der Waals surface area contributed by atoms with Gasteiger partial charge in [-0.15, -0.1) is 0 Å². The molecule has 0 heterocycles. The van der Waals surface area contributed by atoms with Gasteiger partial charge < -0.3 is 5.32 Å². The zero-order valence-electron chi connectivity index (χ0n) is 14.0. The van der Waals surface area contributed by atoms with E-state index in [4.69, 9.17) is 5.21 Å². The van der Waals surface area contributed by atoms with Crippen LogP contribution in [0.1, 0.15) is 29.5 Å². The molecule has 2 aromatic carbocycles. The maximum absolute atomic E-state index is 11.0. The third-order valence-electron chi connectivity index (χ3n) is 4.12. The van der Waals surface area contributed by atoms with Crippen LogP contribution in [-0.2, 0) is 4.79 Å². The lowest BCUT2D eigenvalue weighted by Gasteiger charge is -2.10. The second-order valence-corrected chi connectivity index (χ2v) is 6.17. The van der Waals surface area contributed by atoms with Gasteiger partial charge in [0.25, 0.3) is 5.91 Å². The van der Waals surface area contributed by atoms with Crippen molar-refractivity contribution in [3.8, 4) is 0 Å². The third-order valence-corrected chi connectivity index (χ3v) is 4.12. The van der Waals surface area contributed by atoms with Gasteiger partial charge in [-0.05, 0) is 47.3 Å². The molecule has 0 unspecified atom stereocenters. The number of benzene rings is 2. The van der Waals surface area contributed by atoms with Gasteiger partial charge in [-0.3, -0.25) is 10.0 Å². The Morgan fingerprint density at radius 2 is 1.72 bits per heavy atom. The van der Waals surface area contributed by atoms with Crippen molar-refractivity contribution in [1.29, 1.82) is 0 Å². The van der Waals surface area contributed by atoms with Crippen molar-refractivity contribution in [3.05, 3.63) is 77.4 Å². The average Bonchev–Trinajstić information content (AvgIpc) is 3.49. The van der Waals surface area contributed by atoms with Gasteiger partial charge >= 0.3 is 0 Å². The quantitative estimate of drug-likeness (QED) is 0.314. The molecule has 1 aliphatic carbocycles. The van der Waals surface area contributed by atoms with Crippen LogP contribution in [0.25, 0.3) is 17.7 Å². The Labute approximate surface area is 147 Å². The number of hydroxylamine groups is 1. The molecule has 1 amide bonds. The molecule has 0 aromatic heterocycles. The van der Waals surface area contributed by atoms with E-state index < -0.39 is 5.91 Å². The van der Waals surface area contributed by atoms with Gasteiger partial charge in [0.1, 0.15) is 0 Å². The summed E-state index contributed by atoms with van der Waals surface area (Å²) in [5, 5.41) is 12.1. The van der Waals surface area contributed by atoms with Gasteiger partial charge in [0, 0.05) is 18.7 Å². The van der Waals surface area contributed by atoms with E-state index in [-0.39, 0.29) is 0 Å². The number of rotatable bonds is 7. The Balaban J connectivity index is 1.76. The zero-order chi connectivity index (χ0) is 17.5. The van der Waals surface area contributed by atoms with E-state index in [1.54, 1.807) is 11.6 Å². The number of nitrogens with one attached hydrogen (secondary N) is 2. The first-order valence-electron chi connectivity index (χ1n) is 8.46. The fourth-order valence-electron chi connectivity index (χ4n) is 2.54. The number of carbonyl (C=O) groups is 1. The lowest BCUT2D eigenvalue weighted by molar-refractivity contribution is -0.124.